The maximum absolute atomic E-state index is 14.4. The van der Waals surface area contributed by atoms with Gasteiger partial charge in [-0.2, -0.15) is 5.10 Å². The van der Waals surface area contributed by atoms with E-state index in [1.807, 2.05) is 27.7 Å². The van der Waals surface area contributed by atoms with Crippen LogP contribution in [0, 0.1) is 26.6 Å². The van der Waals surface area contributed by atoms with E-state index in [1.165, 1.54) is 0 Å². The minimum atomic E-state index is -0.311. The second kappa shape index (κ2) is 5.48. The first-order chi connectivity index (χ1) is 9.06. The number of hydrogen-bond acceptors (Lipinski definition) is 3. The molecule has 0 atom stereocenters. The summed E-state index contributed by atoms with van der Waals surface area (Å²) in [5.74, 6) is -0.0434. The Hall–Kier alpha value is -1.75. The van der Waals surface area contributed by atoms with Gasteiger partial charge >= 0.3 is 0 Å². The summed E-state index contributed by atoms with van der Waals surface area (Å²) in [5, 5.41) is 7.47. The van der Waals surface area contributed by atoms with E-state index < -0.39 is 0 Å². The SMILES string of the molecule is CCNCc1ccnc(-n2nc(C)c(C)c2C)c1F. The molecular formula is C14H19FN4. The van der Waals surface area contributed by atoms with Gasteiger partial charge in [-0.15, -0.1) is 0 Å². The van der Waals surface area contributed by atoms with Gasteiger partial charge in [-0.1, -0.05) is 6.92 Å². The van der Waals surface area contributed by atoms with Crippen LogP contribution in [-0.2, 0) is 6.54 Å². The van der Waals surface area contributed by atoms with Crippen molar-refractivity contribution in [1.29, 1.82) is 0 Å². The zero-order valence-corrected chi connectivity index (χ0v) is 11.8. The van der Waals surface area contributed by atoms with E-state index in [1.54, 1.807) is 16.9 Å². The molecule has 0 aromatic carbocycles. The van der Waals surface area contributed by atoms with Crippen LogP contribution < -0.4 is 5.32 Å². The summed E-state index contributed by atoms with van der Waals surface area (Å²) in [6.45, 7) is 9.11. The van der Waals surface area contributed by atoms with E-state index in [0.717, 1.165) is 23.5 Å². The average Bonchev–Trinajstić information content (AvgIpc) is 2.65. The third-order valence-corrected chi connectivity index (χ3v) is 3.37. The molecule has 19 heavy (non-hydrogen) atoms. The van der Waals surface area contributed by atoms with Crippen molar-refractivity contribution in [2.45, 2.75) is 34.2 Å². The molecule has 0 aliphatic carbocycles. The molecule has 4 nitrogen and oxygen atoms in total. The second-order valence-electron chi connectivity index (χ2n) is 4.60. The first-order valence-corrected chi connectivity index (χ1v) is 6.43. The number of nitrogens with zero attached hydrogens (tertiary/aromatic N) is 3. The zero-order chi connectivity index (χ0) is 14.0. The lowest BCUT2D eigenvalue weighted by molar-refractivity contribution is 0.569. The molecular weight excluding hydrogens is 243 g/mol. The maximum Gasteiger partial charge on any atom is 0.190 e. The normalized spacial score (nSPS) is 11.0. The van der Waals surface area contributed by atoms with Crippen LogP contribution in [0.5, 0.6) is 0 Å². The van der Waals surface area contributed by atoms with Gasteiger partial charge in [0.05, 0.1) is 5.69 Å². The predicted molar refractivity (Wildman–Crippen MR) is 72.9 cm³/mol. The van der Waals surface area contributed by atoms with Gasteiger partial charge in [-0.3, -0.25) is 0 Å². The minimum Gasteiger partial charge on any atom is -0.313 e. The predicted octanol–water partition coefficient (Wildman–Crippen LogP) is 2.44. The number of pyridine rings is 1. The summed E-state index contributed by atoms with van der Waals surface area (Å²) >= 11 is 0. The largest absolute Gasteiger partial charge is 0.313 e. The fraction of sp³-hybridized carbons (Fsp3) is 0.429. The molecule has 0 aliphatic heterocycles. The van der Waals surface area contributed by atoms with E-state index in [0.29, 0.717) is 12.1 Å². The van der Waals surface area contributed by atoms with E-state index >= 15 is 0 Å². The highest BCUT2D eigenvalue weighted by Gasteiger charge is 2.16. The van der Waals surface area contributed by atoms with E-state index in [4.69, 9.17) is 0 Å². The van der Waals surface area contributed by atoms with Crippen molar-refractivity contribution in [2.24, 2.45) is 0 Å². The Morgan fingerprint density at radius 1 is 1.32 bits per heavy atom. The van der Waals surface area contributed by atoms with Gasteiger partial charge in [0, 0.05) is 24.0 Å². The van der Waals surface area contributed by atoms with Crippen LogP contribution >= 0.6 is 0 Å². The second-order valence-corrected chi connectivity index (χ2v) is 4.60. The Morgan fingerprint density at radius 3 is 2.63 bits per heavy atom. The standard InChI is InChI=1S/C14H19FN4/c1-5-16-8-12-6-7-17-14(13(12)15)19-11(4)9(2)10(3)18-19/h6-7,16H,5,8H2,1-4H3. The van der Waals surface area contributed by atoms with Crippen molar-refractivity contribution in [3.05, 3.63) is 40.6 Å². The van der Waals surface area contributed by atoms with Crippen molar-refractivity contribution in [2.75, 3.05) is 6.54 Å². The molecule has 102 valence electrons. The van der Waals surface area contributed by atoms with E-state index in [-0.39, 0.29) is 11.6 Å². The highest BCUT2D eigenvalue weighted by molar-refractivity contribution is 5.35. The fourth-order valence-electron chi connectivity index (χ4n) is 1.94. The molecule has 5 heteroatoms. The summed E-state index contributed by atoms with van der Waals surface area (Å²) < 4.78 is 16.0. The summed E-state index contributed by atoms with van der Waals surface area (Å²) in [6, 6.07) is 1.69. The molecule has 1 N–H and O–H groups in total. The minimum absolute atomic E-state index is 0.268. The van der Waals surface area contributed by atoms with Crippen LogP contribution in [0.3, 0.4) is 0 Å². The number of aryl methyl sites for hydroxylation is 1. The Balaban J connectivity index is 2.47. The van der Waals surface area contributed by atoms with Crippen LogP contribution in [0.4, 0.5) is 4.39 Å². The van der Waals surface area contributed by atoms with Gasteiger partial charge < -0.3 is 5.32 Å². The molecule has 0 saturated heterocycles. The number of halogens is 1. The summed E-state index contributed by atoms with van der Waals surface area (Å²) in [5.41, 5.74) is 3.50. The quantitative estimate of drug-likeness (QED) is 0.920. The molecule has 0 amide bonds. The van der Waals surface area contributed by atoms with Gasteiger partial charge in [0.25, 0.3) is 0 Å². The molecule has 2 aromatic rings. The molecule has 0 fully saturated rings. The smallest absolute Gasteiger partial charge is 0.190 e. The summed E-state index contributed by atoms with van der Waals surface area (Å²) in [4.78, 5) is 4.13. The number of aromatic nitrogens is 3. The third-order valence-electron chi connectivity index (χ3n) is 3.37. The van der Waals surface area contributed by atoms with Gasteiger partial charge in [0.2, 0.25) is 0 Å². The van der Waals surface area contributed by atoms with E-state index in [2.05, 4.69) is 15.4 Å². The van der Waals surface area contributed by atoms with Crippen LogP contribution in [-0.4, -0.2) is 21.3 Å². The topological polar surface area (TPSA) is 42.7 Å². The first-order valence-electron chi connectivity index (χ1n) is 6.43. The third kappa shape index (κ3) is 2.51. The van der Waals surface area contributed by atoms with Crippen LogP contribution in [0.1, 0.15) is 29.4 Å². The van der Waals surface area contributed by atoms with Crippen molar-refractivity contribution in [3.63, 3.8) is 0 Å². The molecule has 0 bridgehead atoms. The molecule has 0 spiro atoms. The van der Waals surface area contributed by atoms with Crippen LogP contribution in [0.2, 0.25) is 0 Å². The van der Waals surface area contributed by atoms with Crippen LogP contribution in [0.15, 0.2) is 12.3 Å². The highest BCUT2D eigenvalue weighted by atomic mass is 19.1. The first kappa shape index (κ1) is 13.7. The molecule has 2 aromatic heterocycles. The lowest BCUT2D eigenvalue weighted by atomic mass is 10.2. The number of nitrogens with one attached hydrogen (secondary N) is 1. The molecule has 0 saturated carbocycles. The molecule has 0 unspecified atom stereocenters. The van der Waals surface area contributed by atoms with Gasteiger partial charge in [-0.25, -0.2) is 14.1 Å². The fourth-order valence-corrected chi connectivity index (χ4v) is 1.94. The van der Waals surface area contributed by atoms with Gasteiger partial charge in [0.15, 0.2) is 11.6 Å². The van der Waals surface area contributed by atoms with Crippen LogP contribution in [0.25, 0.3) is 5.82 Å². The summed E-state index contributed by atoms with van der Waals surface area (Å²) in [7, 11) is 0. The van der Waals surface area contributed by atoms with Crippen molar-refractivity contribution < 1.29 is 4.39 Å². The lowest BCUT2D eigenvalue weighted by Gasteiger charge is -2.09. The van der Waals surface area contributed by atoms with Gasteiger partial charge in [0.1, 0.15) is 0 Å². The van der Waals surface area contributed by atoms with Gasteiger partial charge in [-0.05, 0) is 38.9 Å². The Morgan fingerprint density at radius 2 is 2.05 bits per heavy atom. The Kier molecular flexibility index (Phi) is 3.95. The molecule has 2 rings (SSSR count). The van der Waals surface area contributed by atoms with Crippen molar-refractivity contribution >= 4 is 0 Å². The zero-order valence-electron chi connectivity index (χ0n) is 11.8. The molecule has 2 heterocycles. The Bertz CT molecular complexity index is 589. The monoisotopic (exact) mass is 262 g/mol. The average molecular weight is 262 g/mol. The molecule has 0 aliphatic rings. The Labute approximate surface area is 112 Å². The van der Waals surface area contributed by atoms with E-state index in [9.17, 15) is 4.39 Å². The lowest BCUT2D eigenvalue weighted by Crippen LogP contribution is -2.15. The highest BCUT2D eigenvalue weighted by Crippen LogP contribution is 2.19. The van der Waals surface area contributed by atoms with Crippen molar-refractivity contribution in [1.82, 2.24) is 20.1 Å². The molecule has 0 radical (unpaired) electrons. The number of hydrogen-bond donors (Lipinski definition) is 1. The van der Waals surface area contributed by atoms with Crippen molar-refractivity contribution in [3.8, 4) is 5.82 Å². The maximum atomic E-state index is 14.4. The number of rotatable bonds is 4. The summed E-state index contributed by atoms with van der Waals surface area (Å²) in [6.07, 6.45) is 1.62.